The highest BCUT2D eigenvalue weighted by Gasteiger charge is 2.26. The smallest absolute Gasteiger partial charge is 0.311 e. The standard InChI is InChI=1S/C11H12F2O2/c1-6(2)10(11(14)15)8-4-3-7(12)5-9(8)13/h3-6,10H,1-2H3,(H,14,15). The van der Waals surface area contributed by atoms with Gasteiger partial charge in [-0.05, 0) is 12.0 Å². The van der Waals surface area contributed by atoms with Crippen molar-refractivity contribution in [2.45, 2.75) is 19.8 Å². The zero-order chi connectivity index (χ0) is 11.6. The second-order valence-electron chi connectivity index (χ2n) is 3.73. The van der Waals surface area contributed by atoms with Gasteiger partial charge in [0.25, 0.3) is 0 Å². The Balaban J connectivity index is 3.17. The summed E-state index contributed by atoms with van der Waals surface area (Å²) in [6.07, 6.45) is 0. The molecular weight excluding hydrogens is 202 g/mol. The maximum atomic E-state index is 13.3. The minimum Gasteiger partial charge on any atom is -0.481 e. The first kappa shape index (κ1) is 11.6. The van der Waals surface area contributed by atoms with Crippen LogP contribution in [0.4, 0.5) is 8.78 Å². The van der Waals surface area contributed by atoms with Gasteiger partial charge in [-0.3, -0.25) is 4.79 Å². The van der Waals surface area contributed by atoms with Crippen molar-refractivity contribution < 1.29 is 18.7 Å². The highest BCUT2D eigenvalue weighted by molar-refractivity contribution is 5.76. The van der Waals surface area contributed by atoms with Crippen LogP contribution in [-0.2, 0) is 4.79 Å². The van der Waals surface area contributed by atoms with E-state index in [-0.39, 0.29) is 11.5 Å². The number of aliphatic carboxylic acids is 1. The minimum atomic E-state index is -1.10. The molecule has 1 N–H and O–H groups in total. The van der Waals surface area contributed by atoms with Crippen LogP contribution in [0.3, 0.4) is 0 Å². The summed E-state index contributed by atoms with van der Waals surface area (Å²) in [7, 11) is 0. The maximum absolute atomic E-state index is 13.3. The number of hydrogen-bond donors (Lipinski definition) is 1. The van der Waals surface area contributed by atoms with Crippen molar-refractivity contribution in [3.8, 4) is 0 Å². The van der Waals surface area contributed by atoms with E-state index in [2.05, 4.69) is 0 Å². The van der Waals surface area contributed by atoms with Gasteiger partial charge in [0.2, 0.25) is 0 Å². The summed E-state index contributed by atoms with van der Waals surface area (Å²) in [5, 5.41) is 8.93. The van der Waals surface area contributed by atoms with Gasteiger partial charge in [0.15, 0.2) is 0 Å². The maximum Gasteiger partial charge on any atom is 0.311 e. The van der Waals surface area contributed by atoms with E-state index in [1.807, 2.05) is 0 Å². The molecule has 0 amide bonds. The highest BCUT2D eigenvalue weighted by atomic mass is 19.1. The summed E-state index contributed by atoms with van der Waals surface area (Å²) in [6.45, 7) is 3.36. The third-order valence-corrected chi connectivity index (χ3v) is 2.23. The largest absolute Gasteiger partial charge is 0.481 e. The fraction of sp³-hybridized carbons (Fsp3) is 0.364. The Morgan fingerprint density at radius 2 is 1.93 bits per heavy atom. The third kappa shape index (κ3) is 2.52. The van der Waals surface area contributed by atoms with Crippen LogP contribution < -0.4 is 0 Å². The Morgan fingerprint density at radius 3 is 2.33 bits per heavy atom. The fourth-order valence-corrected chi connectivity index (χ4v) is 1.53. The summed E-state index contributed by atoms with van der Waals surface area (Å²) in [6, 6.07) is 2.95. The highest BCUT2D eigenvalue weighted by Crippen LogP contribution is 2.27. The lowest BCUT2D eigenvalue weighted by Crippen LogP contribution is -2.18. The molecule has 0 spiro atoms. The Morgan fingerprint density at radius 1 is 1.33 bits per heavy atom. The van der Waals surface area contributed by atoms with Gasteiger partial charge in [0, 0.05) is 11.6 Å². The quantitative estimate of drug-likeness (QED) is 0.840. The van der Waals surface area contributed by atoms with Crippen molar-refractivity contribution in [2.75, 3.05) is 0 Å². The van der Waals surface area contributed by atoms with Crippen LogP contribution in [-0.4, -0.2) is 11.1 Å². The van der Waals surface area contributed by atoms with Crippen LogP contribution in [0.15, 0.2) is 18.2 Å². The zero-order valence-electron chi connectivity index (χ0n) is 8.50. The van der Waals surface area contributed by atoms with Crippen LogP contribution in [0, 0.1) is 17.6 Å². The number of benzene rings is 1. The lowest BCUT2D eigenvalue weighted by atomic mass is 9.88. The first-order valence-electron chi connectivity index (χ1n) is 4.61. The van der Waals surface area contributed by atoms with Gasteiger partial charge in [-0.25, -0.2) is 8.78 Å². The van der Waals surface area contributed by atoms with Crippen molar-refractivity contribution >= 4 is 5.97 Å². The predicted molar refractivity (Wildman–Crippen MR) is 51.6 cm³/mol. The van der Waals surface area contributed by atoms with E-state index in [0.29, 0.717) is 6.07 Å². The molecule has 1 atom stereocenters. The molecular formula is C11H12F2O2. The number of carboxylic acid groups (broad SMARTS) is 1. The average molecular weight is 214 g/mol. The molecule has 0 radical (unpaired) electrons. The Labute approximate surface area is 86.5 Å². The second-order valence-corrected chi connectivity index (χ2v) is 3.73. The Bertz CT molecular complexity index is 375. The molecule has 82 valence electrons. The van der Waals surface area contributed by atoms with Crippen molar-refractivity contribution in [1.82, 2.24) is 0 Å². The van der Waals surface area contributed by atoms with Gasteiger partial charge in [-0.1, -0.05) is 19.9 Å². The summed E-state index contributed by atoms with van der Waals surface area (Å²) in [5.41, 5.74) is 0.0268. The molecule has 1 rings (SSSR count). The van der Waals surface area contributed by atoms with Gasteiger partial charge in [0.05, 0.1) is 5.92 Å². The number of carboxylic acids is 1. The molecule has 0 saturated carbocycles. The summed E-state index contributed by atoms with van der Waals surface area (Å²) < 4.78 is 25.9. The molecule has 0 aliphatic rings. The normalized spacial score (nSPS) is 12.9. The number of carbonyl (C=O) groups is 1. The first-order valence-corrected chi connectivity index (χ1v) is 4.61. The van der Waals surface area contributed by atoms with Gasteiger partial charge in [-0.15, -0.1) is 0 Å². The van der Waals surface area contributed by atoms with Crippen LogP contribution in [0.2, 0.25) is 0 Å². The molecule has 0 heterocycles. The Kier molecular flexibility index (Phi) is 3.39. The molecule has 1 unspecified atom stereocenters. The molecule has 1 aromatic rings. The number of hydrogen-bond acceptors (Lipinski definition) is 1. The molecule has 0 fully saturated rings. The first-order chi connectivity index (χ1) is 6.93. The Hall–Kier alpha value is -1.45. The van der Waals surface area contributed by atoms with E-state index >= 15 is 0 Å². The SMILES string of the molecule is CC(C)C(C(=O)O)c1ccc(F)cc1F. The van der Waals surface area contributed by atoms with E-state index in [9.17, 15) is 13.6 Å². The fourth-order valence-electron chi connectivity index (χ4n) is 1.53. The zero-order valence-corrected chi connectivity index (χ0v) is 8.50. The van der Waals surface area contributed by atoms with E-state index in [4.69, 9.17) is 5.11 Å². The van der Waals surface area contributed by atoms with Crippen LogP contribution >= 0.6 is 0 Å². The van der Waals surface area contributed by atoms with Crippen molar-refractivity contribution in [2.24, 2.45) is 5.92 Å². The molecule has 4 heteroatoms. The van der Waals surface area contributed by atoms with Gasteiger partial charge >= 0.3 is 5.97 Å². The van der Waals surface area contributed by atoms with E-state index in [0.717, 1.165) is 6.07 Å². The van der Waals surface area contributed by atoms with Crippen LogP contribution in [0.5, 0.6) is 0 Å². The third-order valence-electron chi connectivity index (χ3n) is 2.23. The molecule has 1 aromatic carbocycles. The molecule has 2 nitrogen and oxygen atoms in total. The van der Waals surface area contributed by atoms with Gasteiger partial charge in [-0.2, -0.15) is 0 Å². The van der Waals surface area contributed by atoms with Gasteiger partial charge < -0.3 is 5.11 Å². The van der Waals surface area contributed by atoms with Crippen molar-refractivity contribution in [1.29, 1.82) is 0 Å². The number of rotatable bonds is 3. The molecule has 15 heavy (non-hydrogen) atoms. The monoisotopic (exact) mass is 214 g/mol. The molecule has 0 aromatic heterocycles. The van der Waals surface area contributed by atoms with E-state index < -0.39 is 23.5 Å². The molecule has 0 aliphatic heterocycles. The predicted octanol–water partition coefficient (Wildman–Crippen LogP) is 2.79. The lowest BCUT2D eigenvalue weighted by Gasteiger charge is -2.17. The summed E-state index contributed by atoms with van der Waals surface area (Å²) >= 11 is 0. The molecule has 0 saturated heterocycles. The van der Waals surface area contributed by atoms with E-state index in [1.165, 1.54) is 6.07 Å². The van der Waals surface area contributed by atoms with Crippen LogP contribution in [0.25, 0.3) is 0 Å². The minimum absolute atomic E-state index is 0.0268. The van der Waals surface area contributed by atoms with E-state index in [1.54, 1.807) is 13.8 Å². The summed E-state index contributed by atoms with van der Waals surface area (Å²) in [5.74, 6) is -3.80. The van der Waals surface area contributed by atoms with Gasteiger partial charge in [0.1, 0.15) is 11.6 Å². The number of halogens is 2. The van der Waals surface area contributed by atoms with Crippen molar-refractivity contribution in [3.05, 3.63) is 35.4 Å². The topological polar surface area (TPSA) is 37.3 Å². The average Bonchev–Trinajstić information content (AvgIpc) is 2.08. The molecule has 0 bridgehead atoms. The van der Waals surface area contributed by atoms with Crippen molar-refractivity contribution in [3.63, 3.8) is 0 Å². The summed E-state index contributed by atoms with van der Waals surface area (Å²) in [4.78, 5) is 10.9. The second kappa shape index (κ2) is 4.38. The van der Waals surface area contributed by atoms with Crippen LogP contribution in [0.1, 0.15) is 25.3 Å². The molecule has 0 aliphatic carbocycles. The lowest BCUT2D eigenvalue weighted by molar-refractivity contribution is -0.139.